The number of halogens is 1. The van der Waals surface area contributed by atoms with Crippen molar-refractivity contribution in [2.45, 2.75) is 51.6 Å². The minimum absolute atomic E-state index is 0. The first-order chi connectivity index (χ1) is 22.6. The molecule has 0 saturated carbocycles. The third-order valence-corrected chi connectivity index (χ3v) is 7.83. The number of hydrogen-bond acceptors (Lipinski definition) is 8. The highest BCUT2D eigenvalue weighted by Gasteiger charge is 2.40. The zero-order valence-electron chi connectivity index (χ0n) is 29.6. The van der Waals surface area contributed by atoms with E-state index in [4.69, 9.17) is 13.6 Å². The highest BCUT2D eigenvalue weighted by molar-refractivity contribution is 6.00. The Morgan fingerprint density at radius 3 is 2.04 bits per heavy atom. The lowest BCUT2D eigenvalue weighted by Gasteiger charge is -2.34. The van der Waals surface area contributed by atoms with Gasteiger partial charge in [-0.3, -0.25) is 10.1 Å². The zero-order chi connectivity index (χ0) is 35.2. The first kappa shape index (κ1) is 31.5. The molecule has 4 rings (SSSR count). The number of non-ortho nitro benzene ring substituents is 1. The van der Waals surface area contributed by atoms with E-state index < -0.39 is 35.4 Å². The van der Waals surface area contributed by atoms with E-state index in [0.717, 1.165) is 11.1 Å². The Kier molecular flexibility index (Phi) is 10.7. The quantitative estimate of drug-likeness (QED) is 0.0975. The second-order valence-corrected chi connectivity index (χ2v) is 11.7. The monoisotopic (exact) mass is 651 g/mol. The van der Waals surface area contributed by atoms with Crippen molar-refractivity contribution >= 4 is 30.0 Å². The van der Waals surface area contributed by atoms with Crippen molar-refractivity contribution in [2.75, 3.05) is 27.2 Å². The van der Waals surface area contributed by atoms with Crippen LogP contribution in [0.5, 0.6) is 0 Å². The second kappa shape index (κ2) is 15.7. The van der Waals surface area contributed by atoms with Crippen LogP contribution in [0.15, 0.2) is 107 Å². The summed E-state index contributed by atoms with van der Waals surface area (Å²) in [7, 11) is 1.21. The average Bonchev–Trinajstić information content (AvgIpc) is 3.03. The van der Waals surface area contributed by atoms with Gasteiger partial charge in [0.15, 0.2) is 0 Å². The molecule has 0 aromatic heterocycles. The molecule has 46 heavy (non-hydrogen) atoms. The molecule has 1 aliphatic rings. The highest BCUT2D eigenvalue weighted by atomic mass is 35.5. The van der Waals surface area contributed by atoms with Crippen molar-refractivity contribution in [2.24, 2.45) is 0 Å². The van der Waals surface area contributed by atoms with Crippen LogP contribution in [0.1, 0.15) is 66.8 Å². The number of allylic oxidation sites excluding steroid dienone is 2. The number of nitro groups is 1. The van der Waals surface area contributed by atoms with Gasteiger partial charge in [-0.1, -0.05) is 72.8 Å². The molecular weight excluding hydrogens is 607 g/mol. The van der Waals surface area contributed by atoms with Crippen LogP contribution in [-0.2, 0) is 19.1 Å². The summed E-state index contributed by atoms with van der Waals surface area (Å²) in [6.45, 7) is 4.13. The number of nitrogens with zero attached hydrogens (tertiary/aromatic N) is 2. The Morgan fingerprint density at radius 1 is 0.957 bits per heavy atom. The van der Waals surface area contributed by atoms with E-state index in [1.54, 1.807) is 33.8 Å². The summed E-state index contributed by atoms with van der Waals surface area (Å²) in [5.41, 5.74) is 1.90. The molecular formula is C36H42ClN3O6. The van der Waals surface area contributed by atoms with Gasteiger partial charge in [-0.2, -0.15) is 0 Å². The molecule has 0 amide bonds. The van der Waals surface area contributed by atoms with Gasteiger partial charge in [0.2, 0.25) is 0 Å². The van der Waals surface area contributed by atoms with Crippen molar-refractivity contribution in [1.29, 1.82) is 0 Å². The fourth-order valence-electron chi connectivity index (χ4n) is 5.85. The average molecular weight is 652 g/mol. The summed E-state index contributed by atoms with van der Waals surface area (Å²) in [4.78, 5) is 39.5. The lowest BCUT2D eigenvalue weighted by Crippen LogP contribution is -2.42. The fourth-order valence-corrected chi connectivity index (χ4v) is 5.85. The SMILES string of the molecule is Cl.[2H][13C]([2H])([2H])N(CCC(c1ccccc1)c1ccccc1)CC(C)(C)OC(=O)C1=C(C)NC(C)=C(C(=O)OC)C1c1cccc([N+](=O)[O-])c1. The van der Waals surface area contributed by atoms with E-state index in [-0.39, 0.29) is 48.2 Å². The van der Waals surface area contributed by atoms with Gasteiger partial charge >= 0.3 is 11.9 Å². The maximum absolute atomic E-state index is 14.1. The van der Waals surface area contributed by atoms with Crippen LogP contribution in [-0.4, -0.2) is 54.5 Å². The molecule has 3 aromatic carbocycles. The van der Waals surface area contributed by atoms with Crippen molar-refractivity contribution in [3.8, 4) is 0 Å². The highest BCUT2D eigenvalue weighted by Crippen LogP contribution is 2.40. The maximum Gasteiger partial charge on any atom is 0.337 e. The molecule has 3 aromatic rings. The van der Waals surface area contributed by atoms with Crippen molar-refractivity contribution < 1.29 is 28.1 Å². The van der Waals surface area contributed by atoms with Crippen LogP contribution < -0.4 is 5.32 Å². The Bertz CT molecular complexity index is 1670. The van der Waals surface area contributed by atoms with Crippen molar-refractivity contribution in [3.05, 3.63) is 134 Å². The summed E-state index contributed by atoms with van der Waals surface area (Å²) in [6, 6.07) is 25.5. The third-order valence-electron chi connectivity index (χ3n) is 7.83. The first-order valence-electron chi connectivity index (χ1n) is 16.2. The van der Waals surface area contributed by atoms with Crippen LogP contribution in [0.4, 0.5) is 5.69 Å². The van der Waals surface area contributed by atoms with Crippen LogP contribution >= 0.6 is 12.4 Å². The fraction of sp³-hybridized carbons (Fsp3) is 0.333. The van der Waals surface area contributed by atoms with Crippen LogP contribution in [0.2, 0.25) is 0 Å². The van der Waals surface area contributed by atoms with Gasteiger partial charge in [0.1, 0.15) is 5.60 Å². The number of carbonyl (C=O) groups excluding carboxylic acids is 2. The minimum atomic E-state index is -2.49. The number of benzene rings is 3. The largest absolute Gasteiger partial charge is 0.466 e. The Morgan fingerprint density at radius 2 is 1.52 bits per heavy atom. The molecule has 1 aliphatic heterocycles. The Labute approximate surface area is 281 Å². The van der Waals surface area contributed by atoms with E-state index >= 15 is 0 Å². The number of dihydropyridines is 1. The zero-order valence-corrected chi connectivity index (χ0v) is 27.4. The van der Waals surface area contributed by atoms with Gasteiger partial charge in [0.05, 0.1) is 29.1 Å². The number of carbonyl (C=O) groups is 2. The number of nitrogens with one attached hydrogen (secondary N) is 1. The topological polar surface area (TPSA) is 111 Å². The second-order valence-electron chi connectivity index (χ2n) is 11.7. The van der Waals surface area contributed by atoms with Gasteiger partial charge < -0.3 is 19.7 Å². The first-order valence-corrected chi connectivity index (χ1v) is 14.7. The standard InChI is InChI=1S/C36H41N3O6.ClH/c1-24-31(34(40)44-6)33(28-18-13-19-29(22-28)39(42)43)32(25(2)37-24)35(41)45-36(3,4)23-38(5)21-20-30(26-14-9-7-10-15-26)27-16-11-8-12-17-27;/h7-19,22,30,33,37H,20-21,23H2,1-6H3;1H/i5+1D3;. The molecule has 0 radical (unpaired) electrons. The molecule has 1 heterocycles. The number of rotatable bonds is 12. The minimum Gasteiger partial charge on any atom is -0.466 e. The van der Waals surface area contributed by atoms with E-state index in [2.05, 4.69) is 5.32 Å². The summed E-state index contributed by atoms with van der Waals surface area (Å²) >= 11 is 0. The van der Waals surface area contributed by atoms with E-state index in [1.807, 2.05) is 60.7 Å². The number of likely N-dealkylation sites (N-methyl/N-ethyl adjacent to an activating group) is 1. The molecule has 0 saturated heterocycles. The number of nitro benzene ring substituents is 1. The predicted octanol–water partition coefficient (Wildman–Crippen LogP) is 6.90. The van der Waals surface area contributed by atoms with Gasteiger partial charge in [-0.05, 0) is 64.3 Å². The lowest BCUT2D eigenvalue weighted by atomic mass is 9.80. The number of hydrogen-bond donors (Lipinski definition) is 1. The number of ether oxygens (including phenoxy) is 2. The molecule has 10 heteroatoms. The summed E-state index contributed by atoms with van der Waals surface area (Å²) < 4.78 is 36.1. The van der Waals surface area contributed by atoms with E-state index in [9.17, 15) is 19.7 Å². The Balaban J connectivity index is 0.00000650. The molecule has 0 fully saturated rings. The molecule has 0 bridgehead atoms. The van der Waals surface area contributed by atoms with Gasteiger partial charge in [0, 0.05) is 40.1 Å². The molecule has 1 N–H and O–H groups in total. The molecule has 1 atom stereocenters. The molecule has 1 unspecified atom stereocenters. The smallest absolute Gasteiger partial charge is 0.337 e. The lowest BCUT2D eigenvalue weighted by molar-refractivity contribution is -0.384. The molecule has 0 aliphatic carbocycles. The predicted molar refractivity (Wildman–Crippen MR) is 181 cm³/mol. The normalized spacial score (nSPS) is 16.2. The molecule has 9 nitrogen and oxygen atoms in total. The van der Waals surface area contributed by atoms with Crippen molar-refractivity contribution in [1.82, 2.24) is 10.2 Å². The third kappa shape index (κ3) is 8.62. The van der Waals surface area contributed by atoms with Crippen LogP contribution in [0.25, 0.3) is 0 Å². The van der Waals surface area contributed by atoms with Gasteiger partial charge in [0.25, 0.3) is 5.69 Å². The maximum atomic E-state index is 14.1. The van der Waals surface area contributed by atoms with Crippen LogP contribution in [0, 0.1) is 10.1 Å². The summed E-state index contributed by atoms with van der Waals surface area (Å²) in [5, 5.41) is 14.7. The van der Waals surface area contributed by atoms with Gasteiger partial charge in [-0.25, -0.2) is 9.59 Å². The van der Waals surface area contributed by atoms with E-state index in [1.165, 1.54) is 30.2 Å². The van der Waals surface area contributed by atoms with E-state index in [0.29, 0.717) is 23.4 Å². The Hall–Kier alpha value is -4.47. The number of esters is 2. The molecule has 244 valence electrons. The number of methoxy groups -OCH3 is 1. The van der Waals surface area contributed by atoms with Gasteiger partial charge in [-0.15, -0.1) is 12.4 Å². The summed E-state index contributed by atoms with van der Waals surface area (Å²) in [5.74, 6) is -2.62. The van der Waals surface area contributed by atoms with Crippen molar-refractivity contribution in [3.63, 3.8) is 0 Å². The molecule has 0 spiro atoms. The summed E-state index contributed by atoms with van der Waals surface area (Å²) in [6.07, 6.45) is 0.492. The van der Waals surface area contributed by atoms with Crippen LogP contribution in [0.3, 0.4) is 0 Å².